The number of sulfonamides is 1. The van der Waals surface area contributed by atoms with Gasteiger partial charge in [0.15, 0.2) is 5.76 Å². The number of benzene rings is 1. The van der Waals surface area contributed by atoms with E-state index in [4.69, 9.17) is 4.42 Å². The van der Waals surface area contributed by atoms with Gasteiger partial charge in [0.1, 0.15) is 5.82 Å². The van der Waals surface area contributed by atoms with Crippen molar-refractivity contribution in [1.29, 1.82) is 0 Å². The molecule has 1 atom stereocenters. The standard InChI is InChI=1S/C22H31FN4O4S/c1-15(17-14-16(23)6-7-18(17)27-12-10-26(5)11-13-27)24-21(28)19-8-9-20(31-19)32(29,30)25-22(2,3)4/h6-9,14-15,25H,10-13H2,1-5H3,(H,24,28). The zero-order chi connectivity index (χ0) is 23.7. The molecule has 1 fully saturated rings. The van der Waals surface area contributed by atoms with Crippen LogP contribution in [-0.2, 0) is 10.0 Å². The Kier molecular flexibility index (Phi) is 6.97. The van der Waals surface area contributed by atoms with Crippen molar-refractivity contribution in [3.8, 4) is 0 Å². The smallest absolute Gasteiger partial charge is 0.287 e. The number of hydrogen-bond acceptors (Lipinski definition) is 6. The summed E-state index contributed by atoms with van der Waals surface area (Å²) >= 11 is 0. The Labute approximate surface area is 188 Å². The molecule has 1 amide bonds. The maximum atomic E-state index is 14.0. The lowest BCUT2D eigenvalue weighted by Gasteiger charge is -2.36. The highest BCUT2D eigenvalue weighted by molar-refractivity contribution is 7.89. The van der Waals surface area contributed by atoms with Gasteiger partial charge in [0, 0.05) is 43.0 Å². The highest BCUT2D eigenvalue weighted by atomic mass is 32.2. The number of halogens is 1. The number of anilines is 1. The number of furan rings is 1. The predicted molar refractivity (Wildman–Crippen MR) is 121 cm³/mol. The van der Waals surface area contributed by atoms with Crippen molar-refractivity contribution in [2.24, 2.45) is 0 Å². The molecule has 1 aromatic carbocycles. The van der Waals surface area contributed by atoms with E-state index in [-0.39, 0.29) is 10.9 Å². The van der Waals surface area contributed by atoms with Crippen LogP contribution in [0.2, 0.25) is 0 Å². The second-order valence-corrected chi connectivity index (χ2v) is 10.8. The fourth-order valence-corrected chi connectivity index (χ4v) is 4.95. The van der Waals surface area contributed by atoms with E-state index >= 15 is 0 Å². The molecule has 32 heavy (non-hydrogen) atoms. The summed E-state index contributed by atoms with van der Waals surface area (Å²) in [5.41, 5.74) is 0.820. The fourth-order valence-electron chi connectivity index (χ4n) is 3.59. The normalized spacial score (nSPS) is 16.8. The summed E-state index contributed by atoms with van der Waals surface area (Å²) in [6.45, 7) is 10.3. The number of nitrogens with zero attached hydrogens (tertiary/aromatic N) is 2. The Morgan fingerprint density at radius 2 is 1.78 bits per heavy atom. The van der Waals surface area contributed by atoms with Crippen LogP contribution < -0.4 is 14.9 Å². The number of likely N-dealkylation sites (N-methyl/N-ethyl adjacent to an activating group) is 1. The van der Waals surface area contributed by atoms with E-state index in [1.807, 2.05) is 0 Å². The SMILES string of the molecule is CC(NC(=O)c1ccc(S(=O)(=O)NC(C)(C)C)o1)c1cc(F)ccc1N1CCN(C)CC1. The van der Waals surface area contributed by atoms with Crippen molar-refractivity contribution in [2.45, 2.75) is 44.4 Å². The van der Waals surface area contributed by atoms with Gasteiger partial charge in [-0.1, -0.05) is 0 Å². The van der Waals surface area contributed by atoms with Crippen LogP contribution in [0.3, 0.4) is 0 Å². The quantitative estimate of drug-likeness (QED) is 0.680. The Bertz CT molecular complexity index is 1070. The molecule has 2 heterocycles. The van der Waals surface area contributed by atoms with Gasteiger partial charge in [0.05, 0.1) is 6.04 Å². The van der Waals surface area contributed by atoms with E-state index in [0.717, 1.165) is 31.9 Å². The minimum Gasteiger partial charge on any atom is -0.438 e. The van der Waals surface area contributed by atoms with Gasteiger partial charge in [-0.25, -0.2) is 17.5 Å². The van der Waals surface area contributed by atoms with Crippen molar-refractivity contribution in [1.82, 2.24) is 14.9 Å². The van der Waals surface area contributed by atoms with E-state index in [0.29, 0.717) is 5.56 Å². The first kappa shape index (κ1) is 24.2. The van der Waals surface area contributed by atoms with Crippen molar-refractivity contribution in [3.63, 3.8) is 0 Å². The van der Waals surface area contributed by atoms with Crippen LogP contribution in [-0.4, -0.2) is 58.0 Å². The van der Waals surface area contributed by atoms with Crippen LogP contribution in [0.15, 0.2) is 39.8 Å². The van der Waals surface area contributed by atoms with Crippen LogP contribution >= 0.6 is 0 Å². The molecule has 0 bridgehead atoms. The summed E-state index contributed by atoms with van der Waals surface area (Å²) in [7, 11) is -1.84. The van der Waals surface area contributed by atoms with Crippen molar-refractivity contribution < 1.29 is 22.0 Å². The highest BCUT2D eigenvalue weighted by Gasteiger charge is 2.27. The zero-order valence-electron chi connectivity index (χ0n) is 19.1. The van der Waals surface area contributed by atoms with Gasteiger partial charge in [0.2, 0.25) is 5.09 Å². The van der Waals surface area contributed by atoms with Crippen molar-refractivity contribution in [3.05, 3.63) is 47.5 Å². The monoisotopic (exact) mass is 466 g/mol. The number of nitrogens with one attached hydrogen (secondary N) is 2. The molecule has 2 aromatic rings. The second-order valence-electron chi connectivity index (χ2n) is 9.16. The molecule has 0 spiro atoms. The molecule has 8 nitrogen and oxygen atoms in total. The molecule has 10 heteroatoms. The first-order chi connectivity index (χ1) is 14.9. The lowest BCUT2D eigenvalue weighted by molar-refractivity contribution is 0.0906. The Morgan fingerprint density at radius 3 is 2.41 bits per heavy atom. The molecule has 1 aliphatic heterocycles. The van der Waals surface area contributed by atoms with Crippen LogP contribution in [0.25, 0.3) is 0 Å². The number of hydrogen-bond donors (Lipinski definition) is 2. The molecule has 0 saturated carbocycles. The molecule has 1 aromatic heterocycles. The summed E-state index contributed by atoms with van der Waals surface area (Å²) in [4.78, 5) is 17.1. The van der Waals surface area contributed by atoms with E-state index in [1.165, 1.54) is 24.3 Å². The average molecular weight is 467 g/mol. The van der Waals surface area contributed by atoms with Gasteiger partial charge in [-0.2, -0.15) is 0 Å². The Morgan fingerprint density at radius 1 is 1.12 bits per heavy atom. The summed E-state index contributed by atoms with van der Waals surface area (Å²) in [6, 6.07) is 6.60. The third-order valence-corrected chi connectivity index (χ3v) is 6.79. The highest BCUT2D eigenvalue weighted by Crippen LogP contribution is 2.29. The van der Waals surface area contributed by atoms with E-state index in [9.17, 15) is 17.6 Å². The summed E-state index contributed by atoms with van der Waals surface area (Å²) in [5, 5.41) is 2.45. The minimum atomic E-state index is -3.90. The average Bonchev–Trinajstić information content (AvgIpc) is 3.18. The maximum absolute atomic E-state index is 14.0. The van der Waals surface area contributed by atoms with E-state index in [1.54, 1.807) is 33.8 Å². The fraction of sp³-hybridized carbons (Fsp3) is 0.500. The van der Waals surface area contributed by atoms with Crippen molar-refractivity contribution >= 4 is 21.6 Å². The van der Waals surface area contributed by atoms with Gasteiger partial charge in [0.25, 0.3) is 15.9 Å². The summed E-state index contributed by atoms with van der Waals surface area (Å²) < 4.78 is 46.7. The number of carbonyl (C=O) groups is 1. The van der Waals surface area contributed by atoms with Gasteiger partial charge < -0.3 is 19.5 Å². The van der Waals surface area contributed by atoms with Crippen LogP contribution in [0, 0.1) is 5.82 Å². The topological polar surface area (TPSA) is 94.9 Å². The Balaban J connectivity index is 1.77. The second kappa shape index (κ2) is 9.21. The molecule has 1 aliphatic rings. The first-order valence-corrected chi connectivity index (χ1v) is 12.0. The molecule has 3 rings (SSSR count). The maximum Gasteiger partial charge on any atom is 0.287 e. The van der Waals surface area contributed by atoms with E-state index < -0.39 is 33.3 Å². The first-order valence-electron chi connectivity index (χ1n) is 10.5. The molecular formula is C22H31FN4O4S. The number of amides is 1. The summed E-state index contributed by atoms with van der Waals surface area (Å²) in [5.74, 6) is -1.11. The predicted octanol–water partition coefficient (Wildman–Crippen LogP) is 2.74. The van der Waals surface area contributed by atoms with Crippen molar-refractivity contribution in [2.75, 3.05) is 38.1 Å². The Hall–Kier alpha value is -2.43. The number of rotatable bonds is 6. The third kappa shape index (κ3) is 5.87. The summed E-state index contributed by atoms with van der Waals surface area (Å²) in [6.07, 6.45) is 0. The van der Waals surface area contributed by atoms with Gasteiger partial charge in [-0.3, -0.25) is 4.79 Å². The largest absolute Gasteiger partial charge is 0.438 e. The van der Waals surface area contributed by atoms with Gasteiger partial charge in [-0.05, 0) is 65.1 Å². The van der Waals surface area contributed by atoms with Crippen LogP contribution in [0.5, 0.6) is 0 Å². The molecule has 0 radical (unpaired) electrons. The van der Waals surface area contributed by atoms with Gasteiger partial charge in [-0.15, -0.1) is 0 Å². The molecule has 0 aliphatic carbocycles. The molecule has 2 N–H and O–H groups in total. The third-order valence-electron chi connectivity index (χ3n) is 5.16. The lowest BCUT2D eigenvalue weighted by atomic mass is 10.0. The number of carbonyl (C=O) groups excluding carboxylic acids is 1. The molecule has 1 saturated heterocycles. The van der Waals surface area contributed by atoms with Gasteiger partial charge >= 0.3 is 0 Å². The molecule has 176 valence electrons. The van der Waals surface area contributed by atoms with Crippen LogP contribution in [0.1, 0.15) is 49.9 Å². The lowest BCUT2D eigenvalue weighted by Crippen LogP contribution is -2.45. The molecule has 1 unspecified atom stereocenters. The van der Waals surface area contributed by atoms with Crippen LogP contribution in [0.4, 0.5) is 10.1 Å². The number of piperazine rings is 1. The molecular weight excluding hydrogens is 435 g/mol. The minimum absolute atomic E-state index is 0.135. The zero-order valence-corrected chi connectivity index (χ0v) is 19.9. The van der Waals surface area contributed by atoms with E-state index in [2.05, 4.69) is 26.9 Å².